The molecule has 0 saturated heterocycles. The Morgan fingerprint density at radius 2 is 2.00 bits per heavy atom. The van der Waals surface area contributed by atoms with Crippen molar-refractivity contribution in [3.05, 3.63) is 65.0 Å². The van der Waals surface area contributed by atoms with E-state index in [4.69, 9.17) is 0 Å². The first kappa shape index (κ1) is 18.1. The summed E-state index contributed by atoms with van der Waals surface area (Å²) >= 11 is 0. The van der Waals surface area contributed by atoms with Gasteiger partial charge in [0.1, 0.15) is 0 Å². The third-order valence-electron chi connectivity index (χ3n) is 5.50. The molecule has 0 saturated carbocycles. The number of aryl methyl sites for hydroxylation is 2. The zero-order valence-corrected chi connectivity index (χ0v) is 15.7. The normalized spacial score (nSPS) is 23.3. The van der Waals surface area contributed by atoms with Gasteiger partial charge in [-0.05, 0) is 82.4 Å². The fraction of sp³-hybridized carbons (Fsp3) is 0.500. The van der Waals surface area contributed by atoms with Crippen molar-refractivity contribution in [1.82, 2.24) is 9.88 Å². The third kappa shape index (κ3) is 3.94. The van der Waals surface area contributed by atoms with Crippen molar-refractivity contribution in [3.8, 4) is 0 Å². The quantitative estimate of drug-likeness (QED) is 0.836. The summed E-state index contributed by atoms with van der Waals surface area (Å²) in [6.07, 6.45) is 6.87. The lowest BCUT2D eigenvalue weighted by molar-refractivity contribution is -0.00615. The molecule has 2 atom stereocenters. The van der Waals surface area contributed by atoms with E-state index in [-0.39, 0.29) is 5.92 Å². The summed E-state index contributed by atoms with van der Waals surface area (Å²) in [6, 6.07) is 12.7. The van der Waals surface area contributed by atoms with E-state index < -0.39 is 5.60 Å². The average Bonchev–Trinajstić information content (AvgIpc) is 2.73. The van der Waals surface area contributed by atoms with E-state index in [2.05, 4.69) is 60.4 Å². The summed E-state index contributed by atoms with van der Waals surface area (Å²) in [4.78, 5) is 6.68. The van der Waals surface area contributed by atoms with E-state index in [0.29, 0.717) is 0 Å². The molecule has 3 rings (SSSR count). The van der Waals surface area contributed by atoms with Crippen LogP contribution in [0.25, 0.3) is 0 Å². The molecule has 2 aromatic rings. The first-order chi connectivity index (χ1) is 12.0. The van der Waals surface area contributed by atoms with Crippen LogP contribution in [0.1, 0.15) is 54.0 Å². The van der Waals surface area contributed by atoms with Gasteiger partial charge in [0, 0.05) is 17.8 Å². The molecule has 1 aromatic carbocycles. The number of rotatable bonds is 5. The van der Waals surface area contributed by atoms with Gasteiger partial charge in [-0.15, -0.1) is 0 Å². The molecule has 0 unspecified atom stereocenters. The van der Waals surface area contributed by atoms with Crippen molar-refractivity contribution in [1.29, 1.82) is 0 Å². The molecule has 1 aliphatic carbocycles. The van der Waals surface area contributed by atoms with E-state index in [1.807, 2.05) is 13.1 Å². The van der Waals surface area contributed by atoms with Crippen LogP contribution < -0.4 is 0 Å². The molecule has 0 bridgehead atoms. The number of hydrogen-bond acceptors (Lipinski definition) is 3. The van der Waals surface area contributed by atoms with Crippen molar-refractivity contribution in [2.75, 3.05) is 20.6 Å². The lowest BCUT2D eigenvalue weighted by Crippen LogP contribution is -2.34. The lowest BCUT2D eigenvalue weighted by atomic mass is 9.73. The monoisotopic (exact) mass is 338 g/mol. The average molecular weight is 338 g/mol. The molecular weight excluding hydrogens is 308 g/mol. The van der Waals surface area contributed by atoms with Crippen LogP contribution in [0.3, 0.4) is 0 Å². The number of aliphatic hydroxyl groups is 1. The maximum absolute atomic E-state index is 12.0. The molecule has 0 fully saturated rings. The van der Waals surface area contributed by atoms with Crippen LogP contribution in [0.2, 0.25) is 0 Å². The second-order valence-electron chi connectivity index (χ2n) is 7.67. The molecule has 1 N–H and O–H groups in total. The predicted octanol–water partition coefficient (Wildman–Crippen LogP) is 4.04. The minimum Gasteiger partial charge on any atom is -0.385 e. The van der Waals surface area contributed by atoms with Gasteiger partial charge in [0.05, 0.1) is 5.60 Å². The molecule has 0 aliphatic heterocycles. The van der Waals surface area contributed by atoms with Crippen LogP contribution in [0.15, 0.2) is 42.6 Å². The van der Waals surface area contributed by atoms with E-state index in [1.165, 1.54) is 5.56 Å². The van der Waals surface area contributed by atoms with E-state index in [0.717, 1.165) is 55.5 Å². The van der Waals surface area contributed by atoms with Gasteiger partial charge in [0.15, 0.2) is 0 Å². The zero-order chi connectivity index (χ0) is 17.9. The van der Waals surface area contributed by atoms with Gasteiger partial charge in [-0.2, -0.15) is 0 Å². The number of pyridine rings is 1. The van der Waals surface area contributed by atoms with Gasteiger partial charge >= 0.3 is 0 Å². The molecule has 1 heterocycles. The summed E-state index contributed by atoms with van der Waals surface area (Å²) in [7, 11) is 4.18. The lowest BCUT2D eigenvalue weighted by Gasteiger charge is -2.37. The summed E-state index contributed by atoms with van der Waals surface area (Å²) in [6.45, 7) is 3.00. The van der Waals surface area contributed by atoms with Crippen molar-refractivity contribution < 1.29 is 5.11 Å². The Morgan fingerprint density at radius 1 is 1.20 bits per heavy atom. The number of aromatic nitrogens is 1. The zero-order valence-electron chi connectivity index (χ0n) is 15.7. The summed E-state index contributed by atoms with van der Waals surface area (Å²) in [5, 5.41) is 12.0. The van der Waals surface area contributed by atoms with Crippen molar-refractivity contribution in [2.24, 2.45) is 0 Å². The Balaban J connectivity index is 2.00. The van der Waals surface area contributed by atoms with Gasteiger partial charge < -0.3 is 10.0 Å². The molecule has 25 heavy (non-hydrogen) atoms. The number of benzene rings is 1. The summed E-state index contributed by atoms with van der Waals surface area (Å²) in [5.41, 5.74) is 3.79. The van der Waals surface area contributed by atoms with Gasteiger partial charge in [0.25, 0.3) is 0 Å². The fourth-order valence-electron chi connectivity index (χ4n) is 4.19. The van der Waals surface area contributed by atoms with Crippen LogP contribution in [-0.2, 0) is 12.0 Å². The molecule has 3 nitrogen and oxygen atoms in total. The molecule has 1 aromatic heterocycles. The van der Waals surface area contributed by atoms with Gasteiger partial charge in [-0.1, -0.05) is 30.3 Å². The summed E-state index contributed by atoms with van der Waals surface area (Å²) in [5.74, 6) is 0.103. The topological polar surface area (TPSA) is 36.4 Å². The van der Waals surface area contributed by atoms with Gasteiger partial charge in [0.2, 0.25) is 0 Å². The highest BCUT2D eigenvalue weighted by atomic mass is 16.3. The maximum Gasteiger partial charge on any atom is 0.0968 e. The highest BCUT2D eigenvalue weighted by Gasteiger charge is 2.41. The van der Waals surface area contributed by atoms with Gasteiger partial charge in [-0.3, -0.25) is 4.98 Å². The van der Waals surface area contributed by atoms with E-state index >= 15 is 0 Å². The minimum atomic E-state index is -0.819. The second kappa shape index (κ2) is 7.67. The van der Waals surface area contributed by atoms with Gasteiger partial charge in [-0.25, -0.2) is 0 Å². The van der Waals surface area contributed by atoms with Crippen molar-refractivity contribution >= 4 is 0 Å². The third-order valence-corrected chi connectivity index (χ3v) is 5.50. The smallest absolute Gasteiger partial charge is 0.0968 e. The van der Waals surface area contributed by atoms with Crippen molar-refractivity contribution in [2.45, 2.75) is 50.5 Å². The first-order valence-corrected chi connectivity index (χ1v) is 9.39. The predicted molar refractivity (Wildman–Crippen MR) is 103 cm³/mol. The van der Waals surface area contributed by atoms with Crippen LogP contribution in [0.4, 0.5) is 0 Å². The highest BCUT2D eigenvalue weighted by Crippen LogP contribution is 2.46. The molecule has 0 radical (unpaired) electrons. The number of hydrogen-bond donors (Lipinski definition) is 1. The molecule has 0 spiro atoms. The molecule has 0 amide bonds. The SMILES string of the molecule is Cc1ccc([C@H]2CCCc3ccccc3[C@@]2(O)CCCN(C)C)cn1. The van der Waals surface area contributed by atoms with Crippen LogP contribution in [0.5, 0.6) is 0 Å². The Bertz CT molecular complexity index is 695. The summed E-state index contributed by atoms with van der Waals surface area (Å²) < 4.78 is 0. The highest BCUT2D eigenvalue weighted by molar-refractivity contribution is 5.38. The minimum absolute atomic E-state index is 0.103. The van der Waals surface area contributed by atoms with E-state index in [1.54, 1.807) is 0 Å². The number of nitrogens with zero attached hydrogens (tertiary/aromatic N) is 2. The molecule has 3 heteroatoms. The fourth-order valence-corrected chi connectivity index (χ4v) is 4.19. The number of fused-ring (bicyclic) bond motifs is 1. The van der Waals surface area contributed by atoms with Crippen LogP contribution in [-0.4, -0.2) is 35.6 Å². The van der Waals surface area contributed by atoms with Crippen molar-refractivity contribution in [3.63, 3.8) is 0 Å². The molecule has 134 valence electrons. The Morgan fingerprint density at radius 3 is 2.72 bits per heavy atom. The Hall–Kier alpha value is -1.71. The molecule has 1 aliphatic rings. The second-order valence-corrected chi connectivity index (χ2v) is 7.67. The first-order valence-electron chi connectivity index (χ1n) is 9.39. The van der Waals surface area contributed by atoms with Crippen LogP contribution in [0, 0.1) is 6.92 Å². The maximum atomic E-state index is 12.0. The van der Waals surface area contributed by atoms with E-state index in [9.17, 15) is 5.11 Å². The Labute approximate surface area is 151 Å². The standard InChI is InChI=1S/C22H30N2O/c1-17-12-13-19(16-23-17)21-11-6-9-18-8-4-5-10-20(18)22(21,25)14-7-15-24(2)3/h4-5,8,10,12-13,16,21,25H,6-7,9,11,14-15H2,1-3H3/t21-,22+/m1/s1. The largest absolute Gasteiger partial charge is 0.385 e. The van der Waals surface area contributed by atoms with Crippen LogP contribution >= 0.6 is 0 Å². The molecular formula is C22H30N2O. The Kier molecular flexibility index (Phi) is 5.55.